The van der Waals surface area contributed by atoms with E-state index in [0.29, 0.717) is 5.56 Å². The van der Waals surface area contributed by atoms with Gasteiger partial charge in [-0.15, -0.1) is 11.3 Å². The van der Waals surface area contributed by atoms with Crippen LogP contribution in [0.15, 0.2) is 72.4 Å². The van der Waals surface area contributed by atoms with Gasteiger partial charge in [-0.25, -0.2) is 4.98 Å². The molecule has 0 bridgehead atoms. The third kappa shape index (κ3) is 5.92. The molecule has 1 aliphatic rings. The number of piperazine rings is 1. The number of thiazole rings is 1. The second kappa shape index (κ2) is 10.8. The molecule has 178 valence electrons. The Morgan fingerprint density at radius 1 is 1.11 bits per heavy atom. The van der Waals surface area contributed by atoms with Gasteiger partial charge >= 0.3 is 0 Å². The fraction of sp³-hybridized carbons (Fsp3) is 0.222. The van der Waals surface area contributed by atoms with Crippen LogP contribution in [-0.2, 0) is 6.54 Å². The van der Waals surface area contributed by atoms with Crippen molar-refractivity contribution in [1.29, 1.82) is 0 Å². The quantitative estimate of drug-likeness (QED) is 0.346. The number of nitrogens with zero attached hydrogens (tertiary/aromatic N) is 3. The van der Waals surface area contributed by atoms with Crippen molar-refractivity contribution in [3.63, 3.8) is 0 Å². The summed E-state index contributed by atoms with van der Waals surface area (Å²) in [5, 5.41) is 12.5. The van der Waals surface area contributed by atoms with Crippen molar-refractivity contribution in [2.75, 3.05) is 36.8 Å². The standard InChI is InChI=1S/C27H28N6OS/c1-19-4-7-21(15-24(19)31-27-32-25(18-35-27)22-3-2-10-29-16-22)26(34)30-23-8-5-20(6-9-23)17-33-13-11-28-12-14-33/h2-10,15-16,18,28H,11-14,17H2,1H3,(H,30,34)(H,31,32). The molecule has 5 rings (SSSR count). The highest BCUT2D eigenvalue weighted by Gasteiger charge is 2.12. The van der Waals surface area contributed by atoms with Gasteiger partial charge in [0, 0.05) is 73.0 Å². The van der Waals surface area contributed by atoms with Gasteiger partial charge in [0.2, 0.25) is 0 Å². The molecule has 2 aromatic heterocycles. The molecule has 1 saturated heterocycles. The molecule has 0 atom stereocenters. The van der Waals surface area contributed by atoms with E-state index in [2.05, 4.69) is 43.0 Å². The van der Waals surface area contributed by atoms with Crippen LogP contribution in [0.1, 0.15) is 21.5 Å². The minimum absolute atomic E-state index is 0.141. The number of pyridine rings is 1. The minimum Gasteiger partial charge on any atom is -0.331 e. The molecule has 0 saturated carbocycles. The average Bonchev–Trinajstić information content (AvgIpc) is 3.36. The van der Waals surface area contributed by atoms with Gasteiger partial charge in [0.1, 0.15) is 0 Å². The third-order valence-corrected chi connectivity index (χ3v) is 6.79. The Bertz CT molecular complexity index is 1280. The highest BCUT2D eigenvalue weighted by molar-refractivity contribution is 7.14. The first kappa shape index (κ1) is 23.2. The number of hydrogen-bond acceptors (Lipinski definition) is 7. The predicted molar refractivity (Wildman–Crippen MR) is 142 cm³/mol. The van der Waals surface area contributed by atoms with E-state index in [9.17, 15) is 4.79 Å². The number of anilines is 3. The Morgan fingerprint density at radius 3 is 2.71 bits per heavy atom. The summed E-state index contributed by atoms with van der Waals surface area (Å²) in [5.41, 5.74) is 6.37. The lowest BCUT2D eigenvalue weighted by Gasteiger charge is -2.27. The molecule has 35 heavy (non-hydrogen) atoms. The third-order valence-electron chi connectivity index (χ3n) is 6.03. The van der Waals surface area contributed by atoms with Crippen molar-refractivity contribution < 1.29 is 4.79 Å². The molecule has 4 aromatic rings. The van der Waals surface area contributed by atoms with Crippen molar-refractivity contribution in [3.05, 3.63) is 89.1 Å². The molecule has 0 aliphatic carbocycles. The summed E-state index contributed by atoms with van der Waals surface area (Å²) in [6.45, 7) is 7.15. The van der Waals surface area contributed by atoms with Crippen molar-refractivity contribution in [2.24, 2.45) is 0 Å². The van der Waals surface area contributed by atoms with E-state index in [4.69, 9.17) is 0 Å². The molecule has 2 aromatic carbocycles. The second-order valence-electron chi connectivity index (χ2n) is 8.61. The molecule has 1 fully saturated rings. The van der Waals surface area contributed by atoms with E-state index in [1.165, 1.54) is 16.9 Å². The SMILES string of the molecule is Cc1ccc(C(=O)Nc2ccc(CN3CCNCC3)cc2)cc1Nc1nc(-c2cccnc2)cs1. The van der Waals surface area contributed by atoms with E-state index in [1.807, 2.05) is 54.8 Å². The molecule has 8 heteroatoms. The van der Waals surface area contributed by atoms with E-state index in [0.717, 1.165) is 66.1 Å². The highest BCUT2D eigenvalue weighted by Crippen LogP contribution is 2.28. The molecule has 0 unspecified atom stereocenters. The summed E-state index contributed by atoms with van der Waals surface area (Å²) in [6.07, 6.45) is 3.55. The first-order chi connectivity index (χ1) is 17.1. The van der Waals surface area contributed by atoms with Crippen LogP contribution in [-0.4, -0.2) is 47.0 Å². The number of amides is 1. The van der Waals surface area contributed by atoms with Gasteiger partial charge in [-0.3, -0.25) is 14.7 Å². The number of hydrogen-bond donors (Lipinski definition) is 3. The lowest BCUT2D eigenvalue weighted by atomic mass is 10.1. The van der Waals surface area contributed by atoms with Gasteiger partial charge < -0.3 is 16.0 Å². The molecular weight excluding hydrogens is 456 g/mol. The Kier molecular flexibility index (Phi) is 7.13. The normalized spacial score (nSPS) is 14.0. The number of aromatic nitrogens is 2. The van der Waals surface area contributed by atoms with Crippen LogP contribution in [0.3, 0.4) is 0 Å². The van der Waals surface area contributed by atoms with Crippen molar-refractivity contribution in [1.82, 2.24) is 20.2 Å². The van der Waals surface area contributed by atoms with Gasteiger partial charge in [0.05, 0.1) is 5.69 Å². The van der Waals surface area contributed by atoms with Crippen LogP contribution >= 0.6 is 11.3 Å². The summed E-state index contributed by atoms with van der Waals surface area (Å²) in [6, 6.07) is 17.7. The number of benzene rings is 2. The Labute approximate surface area is 209 Å². The molecule has 0 spiro atoms. The fourth-order valence-corrected chi connectivity index (χ4v) is 4.75. The number of aryl methyl sites for hydroxylation is 1. The van der Waals surface area contributed by atoms with Gasteiger partial charge in [0.15, 0.2) is 5.13 Å². The molecule has 3 N–H and O–H groups in total. The van der Waals surface area contributed by atoms with Gasteiger partial charge in [0.25, 0.3) is 5.91 Å². The van der Waals surface area contributed by atoms with Gasteiger partial charge in [-0.1, -0.05) is 18.2 Å². The van der Waals surface area contributed by atoms with Crippen LogP contribution in [0.25, 0.3) is 11.3 Å². The first-order valence-corrected chi connectivity index (χ1v) is 12.6. The number of carbonyl (C=O) groups excluding carboxylic acids is 1. The highest BCUT2D eigenvalue weighted by atomic mass is 32.1. The molecule has 0 radical (unpaired) electrons. The molecule has 1 aliphatic heterocycles. The fourth-order valence-electron chi connectivity index (χ4n) is 4.02. The summed E-state index contributed by atoms with van der Waals surface area (Å²) < 4.78 is 0. The molecule has 7 nitrogen and oxygen atoms in total. The van der Waals surface area contributed by atoms with Crippen LogP contribution in [0, 0.1) is 6.92 Å². The van der Waals surface area contributed by atoms with Crippen LogP contribution in [0.2, 0.25) is 0 Å². The van der Waals surface area contributed by atoms with Crippen molar-refractivity contribution in [2.45, 2.75) is 13.5 Å². The summed E-state index contributed by atoms with van der Waals surface area (Å²) in [5.74, 6) is -0.141. The summed E-state index contributed by atoms with van der Waals surface area (Å²) >= 11 is 1.52. The minimum atomic E-state index is -0.141. The van der Waals surface area contributed by atoms with Crippen molar-refractivity contribution >= 4 is 33.8 Å². The zero-order valence-electron chi connectivity index (χ0n) is 19.6. The van der Waals surface area contributed by atoms with Crippen LogP contribution < -0.4 is 16.0 Å². The first-order valence-electron chi connectivity index (χ1n) is 11.7. The van der Waals surface area contributed by atoms with Crippen LogP contribution in [0.5, 0.6) is 0 Å². The number of carbonyl (C=O) groups is 1. The van der Waals surface area contributed by atoms with Crippen LogP contribution in [0.4, 0.5) is 16.5 Å². The topological polar surface area (TPSA) is 82.2 Å². The maximum atomic E-state index is 12.9. The lowest BCUT2D eigenvalue weighted by molar-refractivity contribution is 0.102. The summed E-state index contributed by atoms with van der Waals surface area (Å²) in [4.78, 5) is 24.2. The average molecular weight is 485 g/mol. The Balaban J connectivity index is 1.23. The maximum absolute atomic E-state index is 12.9. The zero-order valence-corrected chi connectivity index (χ0v) is 20.4. The molecule has 1 amide bonds. The van der Waals surface area contributed by atoms with Gasteiger partial charge in [-0.2, -0.15) is 0 Å². The Hall–Kier alpha value is -3.59. The molecule has 3 heterocycles. The van der Waals surface area contributed by atoms with E-state index in [-0.39, 0.29) is 5.91 Å². The summed E-state index contributed by atoms with van der Waals surface area (Å²) in [7, 11) is 0. The monoisotopic (exact) mass is 484 g/mol. The zero-order chi connectivity index (χ0) is 24.0. The smallest absolute Gasteiger partial charge is 0.255 e. The van der Waals surface area contributed by atoms with E-state index in [1.54, 1.807) is 12.4 Å². The van der Waals surface area contributed by atoms with E-state index >= 15 is 0 Å². The largest absolute Gasteiger partial charge is 0.331 e. The molecular formula is C27H28N6OS. The lowest BCUT2D eigenvalue weighted by Crippen LogP contribution is -2.42. The van der Waals surface area contributed by atoms with Gasteiger partial charge in [-0.05, 0) is 54.4 Å². The number of nitrogens with one attached hydrogen (secondary N) is 3. The van der Waals surface area contributed by atoms with E-state index < -0.39 is 0 Å². The predicted octanol–water partition coefficient (Wildman–Crippen LogP) is 4.91. The maximum Gasteiger partial charge on any atom is 0.255 e. The Morgan fingerprint density at radius 2 is 1.94 bits per heavy atom. The van der Waals surface area contributed by atoms with Crippen molar-refractivity contribution in [3.8, 4) is 11.3 Å². The second-order valence-corrected chi connectivity index (χ2v) is 9.47. The number of rotatable bonds is 7.